The molecule has 1 heterocycles. The summed E-state index contributed by atoms with van der Waals surface area (Å²) in [5.41, 5.74) is 10.6. The van der Waals surface area contributed by atoms with Gasteiger partial charge in [0.1, 0.15) is 17.3 Å². The van der Waals surface area contributed by atoms with Gasteiger partial charge in [-0.1, -0.05) is 25.1 Å². The molecule has 0 saturated heterocycles. The first-order valence-corrected chi connectivity index (χ1v) is 6.64. The van der Waals surface area contributed by atoms with Crippen LogP contribution in [-0.2, 0) is 0 Å². The van der Waals surface area contributed by atoms with E-state index in [1.165, 1.54) is 6.20 Å². The Bertz CT molecular complexity index is 694. The van der Waals surface area contributed by atoms with Crippen LogP contribution in [0.2, 0.25) is 0 Å². The van der Waals surface area contributed by atoms with Gasteiger partial charge >= 0.3 is 0 Å². The number of rotatable bonds is 5. The zero-order valence-electron chi connectivity index (χ0n) is 11.9. The highest BCUT2D eigenvalue weighted by atomic mass is 16.5. The summed E-state index contributed by atoms with van der Waals surface area (Å²) in [6.07, 6.45) is 2.38. The predicted octanol–water partition coefficient (Wildman–Crippen LogP) is 4.49. The highest BCUT2D eigenvalue weighted by molar-refractivity contribution is 5.80. The summed E-state index contributed by atoms with van der Waals surface area (Å²) in [6, 6.07) is 6.96. The van der Waals surface area contributed by atoms with E-state index in [1.54, 1.807) is 25.1 Å². The second-order valence-electron chi connectivity index (χ2n) is 4.50. The van der Waals surface area contributed by atoms with Crippen molar-refractivity contribution in [2.24, 2.45) is 5.11 Å². The maximum atomic E-state index is 10.1. The minimum absolute atomic E-state index is 0.139. The number of ether oxygens (including phenoxy) is 1. The summed E-state index contributed by atoms with van der Waals surface area (Å²) in [6.45, 7) is 4.34. The van der Waals surface area contributed by atoms with Gasteiger partial charge in [-0.25, -0.2) is 0 Å². The molecule has 0 atom stereocenters. The number of hydrogen-bond donors (Lipinski definition) is 1. The minimum Gasteiger partial charge on any atom is -0.507 e. The van der Waals surface area contributed by atoms with Gasteiger partial charge in [0.25, 0.3) is 0 Å². The molecule has 0 saturated carbocycles. The average Bonchev–Trinajstić information content (AvgIpc) is 2.49. The first-order chi connectivity index (χ1) is 10.2. The molecule has 0 fully saturated rings. The van der Waals surface area contributed by atoms with Gasteiger partial charge in [-0.05, 0) is 35.6 Å². The van der Waals surface area contributed by atoms with Gasteiger partial charge in [0.05, 0.1) is 12.8 Å². The fourth-order valence-corrected chi connectivity index (χ4v) is 2.06. The molecule has 1 aromatic carbocycles. The van der Waals surface area contributed by atoms with Crippen LogP contribution < -0.4 is 4.74 Å². The zero-order chi connectivity index (χ0) is 15.2. The SMILES string of the molecule is CCCOc1cnc(N=[N+]=[N-])c(C)c1-c1ccccc1O. The van der Waals surface area contributed by atoms with Crippen molar-refractivity contribution < 1.29 is 9.84 Å². The lowest BCUT2D eigenvalue weighted by Gasteiger charge is -2.15. The van der Waals surface area contributed by atoms with Gasteiger partial charge in [0.2, 0.25) is 0 Å². The molecule has 0 spiro atoms. The average molecular weight is 284 g/mol. The summed E-state index contributed by atoms with van der Waals surface area (Å²) >= 11 is 0. The molecule has 1 aromatic heterocycles. The van der Waals surface area contributed by atoms with E-state index < -0.39 is 0 Å². The van der Waals surface area contributed by atoms with Gasteiger partial charge in [-0.2, -0.15) is 0 Å². The van der Waals surface area contributed by atoms with Gasteiger partial charge < -0.3 is 9.84 Å². The lowest BCUT2D eigenvalue weighted by Crippen LogP contribution is -2.00. The molecule has 6 nitrogen and oxygen atoms in total. The number of aromatic nitrogens is 1. The molecule has 0 aliphatic carbocycles. The molecule has 1 N–H and O–H groups in total. The number of phenolic OH excluding ortho intramolecular Hbond substituents is 1. The van der Waals surface area contributed by atoms with Crippen molar-refractivity contribution in [1.29, 1.82) is 0 Å². The van der Waals surface area contributed by atoms with E-state index in [9.17, 15) is 5.11 Å². The molecule has 21 heavy (non-hydrogen) atoms. The van der Waals surface area contributed by atoms with Crippen LogP contribution in [-0.4, -0.2) is 16.7 Å². The van der Waals surface area contributed by atoms with E-state index in [1.807, 2.05) is 13.0 Å². The Morgan fingerprint density at radius 1 is 1.38 bits per heavy atom. The van der Waals surface area contributed by atoms with Crippen LogP contribution in [0.15, 0.2) is 35.6 Å². The van der Waals surface area contributed by atoms with Crippen LogP contribution in [0.4, 0.5) is 5.82 Å². The molecule has 0 aliphatic rings. The minimum atomic E-state index is 0.139. The normalized spacial score (nSPS) is 10.0. The Hall–Kier alpha value is -2.72. The third-order valence-electron chi connectivity index (χ3n) is 3.04. The predicted molar refractivity (Wildman–Crippen MR) is 80.7 cm³/mol. The number of nitrogens with zero attached hydrogens (tertiary/aromatic N) is 4. The molecule has 108 valence electrons. The Kier molecular flexibility index (Phi) is 4.64. The first kappa shape index (κ1) is 14.7. The van der Waals surface area contributed by atoms with Crippen molar-refractivity contribution >= 4 is 5.82 Å². The van der Waals surface area contributed by atoms with E-state index in [2.05, 4.69) is 15.0 Å². The van der Waals surface area contributed by atoms with Gasteiger partial charge in [0.15, 0.2) is 0 Å². The van der Waals surface area contributed by atoms with Crippen LogP contribution in [0.3, 0.4) is 0 Å². The second kappa shape index (κ2) is 6.63. The van der Waals surface area contributed by atoms with Crippen LogP contribution in [0, 0.1) is 6.92 Å². The number of azide groups is 1. The molecule has 0 aliphatic heterocycles. The second-order valence-corrected chi connectivity index (χ2v) is 4.50. The van der Waals surface area contributed by atoms with Crippen LogP contribution in [0.1, 0.15) is 18.9 Å². The molecule has 0 unspecified atom stereocenters. The Labute approximate surface area is 122 Å². The molecule has 0 bridgehead atoms. The van der Waals surface area contributed by atoms with E-state index in [4.69, 9.17) is 10.3 Å². The summed E-state index contributed by atoms with van der Waals surface area (Å²) in [5.74, 6) is 0.979. The fraction of sp³-hybridized carbons (Fsp3) is 0.267. The van der Waals surface area contributed by atoms with Crippen molar-refractivity contribution in [3.63, 3.8) is 0 Å². The number of benzene rings is 1. The maximum Gasteiger partial charge on any atom is 0.145 e. The fourth-order valence-electron chi connectivity index (χ4n) is 2.06. The van der Waals surface area contributed by atoms with Crippen molar-refractivity contribution in [1.82, 2.24) is 4.98 Å². The van der Waals surface area contributed by atoms with Crippen LogP contribution >= 0.6 is 0 Å². The molecule has 2 rings (SSSR count). The van der Waals surface area contributed by atoms with Crippen molar-refractivity contribution in [3.8, 4) is 22.6 Å². The Morgan fingerprint density at radius 2 is 2.14 bits per heavy atom. The number of para-hydroxylation sites is 1. The molecule has 0 radical (unpaired) electrons. The zero-order valence-corrected chi connectivity index (χ0v) is 11.9. The molecular formula is C15H16N4O2. The van der Waals surface area contributed by atoms with E-state index in [-0.39, 0.29) is 11.6 Å². The highest BCUT2D eigenvalue weighted by Crippen LogP contribution is 2.40. The quantitative estimate of drug-likeness (QED) is 0.498. The summed E-state index contributed by atoms with van der Waals surface area (Å²) in [7, 11) is 0. The van der Waals surface area contributed by atoms with E-state index in [0.717, 1.165) is 6.42 Å². The van der Waals surface area contributed by atoms with Gasteiger partial charge in [-0.3, -0.25) is 4.98 Å². The van der Waals surface area contributed by atoms with Crippen LogP contribution in [0.25, 0.3) is 21.6 Å². The molecule has 2 aromatic rings. The molecular weight excluding hydrogens is 268 g/mol. The molecule has 6 heteroatoms. The van der Waals surface area contributed by atoms with Gasteiger partial charge in [0, 0.05) is 16.0 Å². The largest absolute Gasteiger partial charge is 0.507 e. The number of hydrogen-bond acceptors (Lipinski definition) is 4. The van der Waals surface area contributed by atoms with Gasteiger partial charge in [-0.15, -0.1) is 0 Å². The Balaban J connectivity index is 2.66. The summed E-state index contributed by atoms with van der Waals surface area (Å²) in [5, 5.41) is 13.7. The third kappa shape index (κ3) is 3.07. The number of phenols is 1. The van der Waals surface area contributed by atoms with E-state index >= 15 is 0 Å². The number of aromatic hydroxyl groups is 1. The lowest BCUT2D eigenvalue weighted by atomic mass is 10.00. The summed E-state index contributed by atoms with van der Waals surface area (Å²) in [4.78, 5) is 6.88. The summed E-state index contributed by atoms with van der Waals surface area (Å²) < 4.78 is 5.70. The standard InChI is InChI=1S/C15H16N4O2/c1-3-8-21-13-9-17-15(18-19-16)10(2)14(13)11-6-4-5-7-12(11)20/h4-7,9,20H,3,8H2,1-2H3. The topological polar surface area (TPSA) is 91.1 Å². The van der Waals surface area contributed by atoms with Crippen molar-refractivity contribution in [2.45, 2.75) is 20.3 Å². The maximum absolute atomic E-state index is 10.1. The van der Waals surface area contributed by atoms with Crippen molar-refractivity contribution in [2.75, 3.05) is 6.61 Å². The monoisotopic (exact) mass is 284 g/mol. The lowest BCUT2D eigenvalue weighted by molar-refractivity contribution is 0.317. The van der Waals surface area contributed by atoms with Crippen LogP contribution in [0.5, 0.6) is 11.5 Å². The first-order valence-electron chi connectivity index (χ1n) is 6.64. The smallest absolute Gasteiger partial charge is 0.145 e. The number of pyridine rings is 1. The molecule has 0 amide bonds. The highest BCUT2D eigenvalue weighted by Gasteiger charge is 2.16. The Morgan fingerprint density at radius 3 is 2.81 bits per heavy atom. The third-order valence-corrected chi connectivity index (χ3v) is 3.04. The van der Waals surface area contributed by atoms with E-state index in [0.29, 0.717) is 29.0 Å². The van der Waals surface area contributed by atoms with Crippen molar-refractivity contribution in [3.05, 3.63) is 46.5 Å².